The number of esters is 1. The Bertz CT molecular complexity index is 963. The van der Waals surface area contributed by atoms with Crippen LogP contribution in [0.25, 0.3) is 0 Å². The highest BCUT2D eigenvalue weighted by molar-refractivity contribution is 9.10. The lowest BCUT2D eigenvalue weighted by atomic mass is 9.99. The lowest BCUT2D eigenvalue weighted by molar-refractivity contribution is 0.0205. The van der Waals surface area contributed by atoms with Crippen molar-refractivity contribution in [1.82, 2.24) is 4.90 Å². The molecule has 0 aromatic heterocycles. The van der Waals surface area contributed by atoms with E-state index in [2.05, 4.69) is 15.9 Å². The number of benzene rings is 2. The summed E-state index contributed by atoms with van der Waals surface area (Å²) in [6.45, 7) is 11.3. The van der Waals surface area contributed by atoms with E-state index in [-0.39, 0.29) is 6.54 Å². The van der Waals surface area contributed by atoms with E-state index in [0.717, 1.165) is 21.2 Å². The van der Waals surface area contributed by atoms with Gasteiger partial charge in [0.15, 0.2) is 0 Å². The Morgan fingerprint density at radius 1 is 1.06 bits per heavy atom. The number of likely N-dealkylation sites (N-methyl/N-ethyl adjacent to an activating group) is 1. The van der Waals surface area contributed by atoms with Gasteiger partial charge in [0.05, 0.1) is 18.2 Å². The quantitative estimate of drug-likeness (QED) is 0.441. The third-order valence-corrected chi connectivity index (χ3v) is 5.83. The summed E-state index contributed by atoms with van der Waals surface area (Å²) >= 11 is 3.48. The Kier molecular flexibility index (Phi) is 7.89. The van der Waals surface area contributed by atoms with Gasteiger partial charge in [-0.15, -0.1) is 0 Å². The van der Waals surface area contributed by atoms with Crippen molar-refractivity contribution in [2.24, 2.45) is 0 Å². The number of hydrogen-bond donors (Lipinski definition) is 1. The number of aliphatic hydroxyl groups is 1. The van der Waals surface area contributed by atoms with Gasteiger partial charge in [-0.1, -0.05) is 28.1 Å². The fourth-order valence-electron chi connectivity index (χ4n) is 2.92. The van der Waals surface area contributed by atoms with Crippen LogP contribution in [0.4, 0.5) is 4.79 Å². The van der Waals surface area contributed by atoms with Gasteiger partial charge in [-0.2, -0.15) is 0 Å². The van der Waals surface area contributed by atoms with Crippen LogP contribution in [0.5, 0.6) is 5.75 Å². The maximum Gasteiger partial charge on any atom is 0.410 e. The average Bonchev–Trinajstić information content (AvgIpc) is 2.68. The fraction of sp³-hybridized carbons (Fsp3) is 0.417. The molecule has 0 aliphatic heterocycles. The molecule has 0 spiro atoms. The van der Waals surface area contributed by atoms with Crippen molar-refractivity contribution in [2.45, 2.75) is 53.2 Å². The third kappa shape index (κ3) is 6.55. The monoisotopic (exact) mass is 491 g/mol. The molecule has 0 fully saturated rings. The number of carbonyl (C=O) groups is 2. The maximum atomic E-state index is 12.7. The molecule has 2 rings (SSSR count). The van der Waals surface area contributed by atoms with Crippen LogP contribution in [-0.2, 0) is 4.74 Å². The van der Waals surface area contributed by atoms with Crippen LogP contribution in [0, 0.1) is 20.8 Å². The Labute approximate surface area is 192 Å². The minimum atomic E-state index is -0.903. The molecule has 2 aromatic carbocycles. The number of ether oxygens (including phenoxy) is 2. The summed E-state index contributed by atoms with van der Waals surface area (Å²) in [6.07, 6.45) is -1.41. The molecule has 2 aromatic rings. The van der Waals surface area contributed by atoms with Crippen LogP contribution < -0.4 is 4.74 Å². The van der Waals surface area contributed by atoms with E-state index in [9.17, 15) is 14.7 Å². The second-order valence-electron chi connectivity index (χ2n) is 8.62. The SMILES string of the molecule is Cc1c(Br)cc(C(=O)Oc2ccc(C(O)CN(C)C(=O)OC(C)(C)C)cc2)c(C)c1C. The molecule has 0 aliphatic carbocycles. The average molecular weight is 492 g/mol. The summed E-state index contributed by atoms with van der Waals surface area (Å²) in [4.78, 5) is 26.0. The van der Waals surface area contributed by atoms with Gasteiger partial charge in [0.25, 0.3) is 0 Å². The molecule has 168 valence electrons. The van der Waals surface area contributed by atoms with E-state index >= 15 is 0 Å². The van der Waals surface area contributed by atoms with Gasteiger partial charge in [-0.3, -0.25) is 0 Å². The first-order valence-electron chi connectivity index (χ1n) is 10.0. The molecule has 7 heteroatoms. The standard InChI is InChI=1S/C24H30BrNO5/c1-14-15(2)19(12-20(25)16(14)3)22(28)30-18-10-8-17(9-11-18)21(27)13-26(7)23(29)31-24(4,5)6/h8-12,21,27H,13H2,1-7H3. The number of aliphatic hydroxyl groups excluding tert-OH is 1. The van der Waals surface area contributed by atoms with Gasteiger partial charge in [0.1, 0.15) is 11.4 Å². The van der Waals surface area contributed by atoms with Crippen LogP contribution in [0.1, 0.15) is 59.5 Å². The molecule has 0 radical (unpaired) electrons. The molecule has 0 bridgehead atoms. The van der Waals surface area contributed by atoms with E-state index in [4.69, 9.17) is 9.47 Å². The van der Waals surface area contributed by atoms with Crippen molar-refractivity contribution in [1.29, 1.82) is 0 Å². The smallest absolute Gasteiger partial charge is 0.410 e. The summed E-state index contributed by atoms with van der Waals surface area (Å²) < 4.78 is 11.7. The van der Waals surface area contributed by atoms with Crippen molar-refractivity contribution in [3.63, 3.8) is 0 Å². The molecule has 1 amide bonds. The lowest BCUT2D eigenvalue weighted by Gasteiger charge is -2.26. The fourth-order valence-corrected chi connectivity index (χ4v) is 3.44. The predicted molar refractivity (Wildman–Crippen MR) is 124 cm³/mol. The van der Waals surface area contributed by atoms with Crippen LogP contribution in [0.15, 0.2) is 34.8 Å². The second-order valence-corrected chi connectivity index (χ2v) is 9.47. The minimum Gasteiger partial charge on any atom is -0.444 e. The Balaban J connectivity index is 2.05. The molecule has 1 N–H and O–H groups in total. The number of hydrogen-bond acceptors (Lipinski definition) is 5. The molecular formula is C24H30BrNO5. The summed E-state index contributed by atoms with van der Waals surface area (Å²) in [5.74, 6) is -0.0746. The highest BCUT2D eigenvalue weighted by atomic mass is 79.9. The molecule has 1 atom stereocenters. The van der Waals surface area contributed by atoms with E-state index in [1.54, 1.807) is 58.2 Å². The minimum absolute atomic E-state index is 0.0733. The van der Waals surface area contributed by atoms with Crippen LogP contribution in [0.2, 0.25) is 0 Å². The van der Waals surface area contributed by atoms with Crippen molar-refractivity contribution >= 4 is 28.0 Å². The number of rotatable bonds is 5. The number of nitrogens with zero attached hydrogens (tertiary/aromatic N) is 1. The van der Waals surface area contributed by atoms with Gasteiger partial charge < -0.3 is 19.5 Å². The highest BCUT2D eigenvalue weighted by Crippen LogP contribution is 2.27. The van der Waals surface area contributed by atoms with Crippen LogP contribution in [0.3, 0.4) is 0 Å². The second kappa shape index (κ2) is 9.83. The van der Waals surface area contributed by atoms with Crippen molar-refractivity contribution in [3.05, 3.63) is 62.6 Å². The van der Waals surface area contributed by atoms with Gasteiger partial charge in [0.2, 0.25) is 0 Å². The van der Waals surface area contributed by atoms with Gasteiger partial charge in [-0.05, 0) is 82.0 Å². The summed E-state index contributed by atoms with van der Waals surface area (Å²) in [5, 5.41) is 10.4. The largest absolute Gasteiger partial charge is 0.444 e. The van der Waals surface area contributed by atoms with Crippen LogP contribution in [-0.4, -0.2) is 41.3 Å². The zero-order chi connectivity index (χ0) is 23.5. The summed E-state index contributed by atoms with van der Waals surface area (Å²) in [7, 11) is 1.57. The zero-order valence-corrected chi connectivity index (χ0v) is 20.7. The molecule has 0 saturated heterocycles. The van der Waals surface area contributed by atoms with Crippen molar-refractivity contribution < 1.29 is 24.2 Å². The number of amides is 1. The first kappa shape index (κ1) is 24.9. The first-order valence-corrected chi connectivity index (χ1v) is 10.8. The van der Waals surface area contributed by atoms with E-state index in [1.807, 2.05) is 20.8 Å². The number of halogens is 1. The molecule has 0 saturated carbocycles. The molecule has 0 aliphatic rings. The number of carbonyl (C=O) groups excluding carboxylic acids is 2. The molecule has 1 unspecified atom stereocenters. The lowest BCUT2D eigenvalue weighted by Crippen LogP contribution is -2.36. The topological polar surface area (TPSA) is 76.1 Å². The van der Waals surface area contributed by atoms with Gasteiger partial charge in [0, 0.05) is 11.5 Å². The zero-order valence-electron chi connectivity index (χ0n) is 19.1. The van der Waals surface area contributed by atoms with E-state index < -0.39 is 23.8 Å². The van der Waals surface area contributed by atoms with E-state index in [0.29, 0.717) is 16.9 Å². The van der Waals surface area contributed by atoms with Gasteiger partial charge in [-0.25, -0.2) is 9.59 Å². The van der Waals surface area contributed by atoms with Crippen molar-refractivity contribution in [3.8, 4) is 5.75 Å². The van der Waals surface area contributed by atoms with Gasteiger partial charge >= 0.3 is 12.1 Å². The highest BCUT2D eigenvalue weighted by Gasteiger charge is 2.22. The Morgan fingerprint density at radius 2 is 1.65 bits per heavy atom. The molecule has 31 heavy (non-hydrogen) atoms. The molecule has 0 heterocycles. The summed E-state index contributed by atoms with van der Waals surface area (Å²) in [6, 6.07) is 8.34. The molecule has 6 nitrogen and oxygen atoms in total. The third-order valence-electron chi connectivity index (χ3n) is 5.01. The first-order chi connectivity index (χ1) is 14.3. The predicted octanol–water partition coefficient (Wildman–Crippen LogP) is 5.49. The summed E-state index contributed by atoms with van der Waals surface area (Å²) in [5.41, 5.74) is 3.49. The normalized spacial score (nSPS) is 12.3. The Hall–Kier alpha value is -2.38. The van der Waals surface area contributed by atoms with Crippen molar-refractivity contribution in [2.75, 3.05) is 13.6 Å². The maximum absolute atomic E-state index is 12.7. The Morgan fingerprint density at radius 3 is 2.19 bits per heavy atom. The van der Waals surface area contributed by atoms with Crippen LogP contribution >= 0.6 is 15.9 Å². The molecular weight excluding hydrogens is 462 g/mol. The van der Waals surface area contributed by atoms with E-state index in [1.165, 1.54) is 4.90 Å².